The Morgan fingerprint density at radius 1 is 0.871 bits per heavy atom. The van der Waals surface area contributed by atoms with Crippen LogP contribution >= 0.6 is 0 Å². The summed E-state index contributed by atoms with van der Waals surface area (Å²) >= 11 is 0. The molecule has 5 nitrogen and oxygen atoms in total. The van der Waals surface area contributed by atoms with Crippen LogP contribution in [0.15, 0.2) is 54.6 Å². The molecule has 1 N–H and O–H groups in total. The van der Waals surface area contributed by atoms with Gasteiger partial charge in [-0.1, -0.05) is 67.8 Å². The summed E-state index contributed by atoms with van der Waals surface area (Å²) in [6, 6.07) is 17.9. The molecule has 1 saturated carbocycles. The average molecular weight is 414 g/mol. The Hall–Kier alpha value is -3.08. The number of aromatic nitrogens is 1. The number of nitrogens with one attached hydrogen (secondary N) is 1. The van der Waals surface area contributed by atoms with Crippen molar-refractivity contribution in [2.45, 2.75) is 56.7 Å². The Morgan fingerprint density at radius 2 is 1.61 bits per heavy atom. The van der Waals surface area contributed by atoms with E-state index in [0.717, 1.165) is 47.8 Å². The van der Waals surface area contributed by atoms with Crippen LogP contribution in [0, 0.1) is 0 Å². The number of fused-ring (bicyclic) bond motifs is 4. The number of hydrogen-bond acceptors (Lipinski definition) is 2. The van der Waals surface area contributed by atoms with Gasteiger partial charge in [-0.3, -0.25) is 9.59 Å². The first kappa shape index (κ1) is 18.7. The van der Waals surface area contributed by atoms with E-state index >= 15 is 0 Å². The molecule has 1 saturated heterocycles. The quantitative estimate of drug-likeness (QED) is 0.685. The van der Waals surface area contributed by atoms with Gasteiger partial charge in [-0.25, -0.2) is 0 Å². The van der Waals surface area contributed by atoms with Crippen molar-refractivity contribution in [1.82, 2.24) is 14.8 Å². The van der Waals surface area contributed by atoms with Crippen LogP contribution < -0.4 is 0 Å². The maximum absolute atomic E-state index is 13.8. The van der Waals surface area contributed by atoms with Crippen LogP contribution in [0.2, 0.25) is 0 Å². The van der Waals surface area contributed by atoms with Gasteiger partial charge in [0.25, 0.3) is 0 Å². The molecule has 3 aliphatic rings. The lowest BCUT2D eigenvalue weighted by Crippen LogP contribution is -2.64. The van der Waals surface area contributed by atoms with E-state index in [9.17, 15) is 9.59 Å². The molecule has 0 spiro atoms. The van der Waals surface area contributed by atoms with Gasteiger partial charge >= 0.3 is 0 Å². The Balaban J connectivity index is 1.48. The van der Waals surface area contributed by atoms with Gasteiger partial charge in [0.1, 0.15) is 12.6 Å². The number of nitrogens with zero attached hydrogens (tertiary/aromatic N) is 2. The predicted octanol–water partition coefficient (Wildman–Crippen LogP) is 4.19. The average Bonchev–Trinajstić information content (AvgIpc) is 3.19. The first-order valence-electron chi connectivity index (χ1n) is 11.5. The molecule has 0 bridgehead atoms. The van der Waals surface area contributed by atoms with Gasteiger partial charge in [-0.15, -0.1) is 0 Å². The van der Waals surface area contributed by atoms with E-state index in [1.807, 2.05) is 40.1 Å². The van der Waals surface area contributed by atoms with Gasteiger partial charge in [0.05, 0.1) is 6.04 Å². The van der Waals surface area contributed by atoms with E-state index in [-0.39, 0.29) is 30.4 Å². The second-order valence-electron chi connectivity index (χ2n) is 9.15. The largest absolute Gasteiger partial charge is 0.356 e. The van der Waals surface area contributed by atoms with Gasteiger partial charge in [-0.05, 0) is 30.0 Å². The summed E-state index contributed by atoms with van der Waals surface area (Å²) < 4.78 is 0. The maximum atomic E-state index is 13.8. The minimum absolute atomic E-state index is 0.0633. The van der Waals surface area contributed by atoms with Gasteiger partial charge < -0.3 is 14.8 Å². The van der Waals surface area contributed by atoms with Crippen LogP contribution in [0.3, 0.4) is 0 Å². The molecule has 3 heterocycles. The van der Waals surface area contributed by atoms with E-state index < -0.39 is 6.04 Å². The van der Waals surface area contributed by atoms with E-state index in [1.165, 1.54) is 12.0 Å². The summed E-state index contributed by atoms with van der Waals surface area (Å²) in [5, 5.41) is 1.16. The summed E-state index contributed by atoms with van der Waals surface area (Å²) in [6.07, 6.45) is 6.15. The number of carbonyl (C=O) groups is 2. The lowest BCUT2D eigenvalue weighted by atomic mass is 9.85. The van der Waals surface area contributed by atoms with Crippen LogP contribution in [-0.2, 0) is 16.0 Å². The summed E-state index contributed by atoms with van der Waals surface area (Å²) in [5.41, 5.74) is 4.35. The zero-order valence-electron chi connectivity index (χ0n) is 17.6. The molecule has 2 aromatic carbocycles. The lowest BCUT2D eigenvalue weighted by Gasteiger charge is -2.49. The van der Waals surface area contributed by atoms with Gasteiger partial charge in [0, 0.05) is 29.1 Å². The minimum atomic E-state index is -0.430. The molecule has 2 aliphatic heterocycles. The number of benzene rings is 2. The first-order valence-corrected chi connectivity index (χ1v) is 11.5. The van der Waals surface area contributed by atoms with Gasteiger partial charge in [-0.2, -0.15) is 0 Å². The number of H-pyrrole nitrogens is 1. The van der Waals surface area contributed by atoms with E-state index in [4.69, 9.17) is 0 Å². The fourth-order valence-corrected chi connectivity index (χ4v) is 5.97. The fourth-order valence-electron chi connectivity index (χ4n) is 5.97. The van der Waals surface area contributed by atoms with Crippen LogP contribution in [-0.4, -0.2) is 45.2 Å². The van der Waals surface area contributed by atoms with Crippen LogP contribution in [0.25, 0.3) is 10.9 Å². The van der Waals surface area contributed by atoms with Crippen molar-refractivity contribution in [3.8, 4) is 0 Å². The minimum Gasteiger partial charge on any atom is -0.356 e. The molecule has 158 valence electrons. The molecule has 2 amide bonds. The summed E-state index contributed by atoms with van der Waals surface area (Å²) in [7, 11) is 0. The van der Waals surface area contributed by atoms with Crippen molar-refractivity contribution in [3.63, 3.8) is 0 Å². The molecular formula is C26H27N3O2. The third kappa shape index (κ3) is 2.90. The Morgan fingerprint density at radius 3 is 2.42 bits per heavy atom. The number of para-hydroxylation sites is 1. The molecule has 2 fully saturated rings. The van der Waals surface area contributed by atoms with Crippen molar-refractivity contribution >= 4 is 22.7 Å². The maximum Gasteiger partial charge on any atom is 0.246 e. The fraction of sp³-hybridized carbons (Fsp3) is 0.385. The summed E-state index contributed by atoms with van der Waals surface area (Å²) in [4.78, 5) is 34.7. The van der Waals surface area contributed by atoms with E-state index in [1.54, 1.807) is 0 Å². The molecule has 2 atom stereocenters. The van der Waals surface area contributed by atoms with Crippen LogP contribution in [0.4, 0.5) is 0 Å². The number of carbonyl (C=O) groups excluding carboxylic acids is 2. The van der Waals surface area contributed by atoms with Crippen molar-refractivity contribution in [2.24, 2.45) is 0 Å². The highest BCUT2D eigenvalue weighted by molar-refractivity contribution is 5.97. The van der Waals surface area contributed by atoms with Crippen molar-refractivity contribution in [2.75, 3.05) is 6.54 Å². The smallest absolute Gasteiger partial charge is 0.246 e. The van der Waals surface area contributed by atoms with Crippen molar-refractivity contribution in [1.29, 1.82) is 0 Å². The number of rotatable bonds is 2. The number of piperazine rings is 1. The van der Waals surface area contributed by atoms with Crippen molar-refractivity contribution in [3.05, 3.63) is 71.4 Å². The molecule has 5 heteroatoms. The predicted molar refractivity (Wildman–Crippen MR) is 120 cm³/mol. The summed E-state index contributed by atoms with van der Waals surface area (Å²) in [6.45, 7) is 0.207. The van der Waals surface area contributed by atoms with Crippen molar-refractivity contribution < 1.29 is 9.59 Å². The first-order chi connectivity index (χ1) is 15.2. The zero-order valence-corrected chi connectivity index (χ0v) is 17.6. The Bertz CT molecular complexity index is 1150. The Labute approximate surface area is 182 Å². The highest BCUT2D eigenvalue weighted by Crippen LogP contribution is 2.43. The molecule has 31 heavy (non-hydrogen) atoms. The third-order valence-corrected chi connectivity index (χ3v) is 7.42. The summed E-state index contributed by atoms with van der Waals surface area (Å²) in [5.74, 6) is 0.191. The number of amides is 2. The molecule has 1 aromatic heterocycles. The van der Waals surface area contributed by atoms with Gasteiger partial charge in [0.15, 0.2) is 0 Å². The van der Waals surface area contributed by atoms with E-state index in [2.05, 4.69) is 29.2 Å². The molecule has 0 radical (unpaired) electrons. The normalized spacial score (nSPS) is 24.4. The van der Waals surface area contributed by atoms with Crippen LogP contribution in [0.5, 0.6) is 0 Å². The lowest BCUT2D eigenvalue weighted by molar-refractivity contribution is -0.161. The standard InChI is InChI=1S/C26H27N3O2/c30-23-16-28(18-11-5-2-6-12-18)26(31)22-15-20-19-13-7-8-14-21(19)27-24(20)25(29(22)23)17-9-3-1-4-10-17/h1,3-4,7-10,13-14,18,22,25,27H,2,5-6,11-12,15-16H2. The molecular weight excluding hydrogens is 386 g/mol. The monoisotopic (exact) mass is 413 g/mol. The highest BCUT2D eigenvalue weighted by atomic mass is 16.2. The van der Waals surface area contributed by atoms with Crippen LogP contribution in [0.1, 0.15) is 55.0 Å². The van der Waals surface area contributed by atoms with Gasteiger partial charge in [0.2, 0.25) is 11.8 Å². The topological polar surface area (TPSA) is 56.4 Å². The van der Waals surface area contributed by atoms with E-state index in [0.29, 0.717) is 6.42 Å². The Kier molecular flexibility index (Phi) is 4.37. The second-order valence-corrected chi connectivity index (χ2v) is 9.15. The highest BCUT2D eigenvalue weighted by Gasteiger charge is 2.49. The third-order valence-electron chi connectivity index (χ3n) is 7.42. The number of aromatic amines is 1. The number of hydrogen-bond donors (Lipinski definition) is 1. The SMILES string of the molecule is O=C1C2Cc3c([nH]c4ccccc34)C(c3ccccc3)N2C(=O)CN1C1CCCCC1. The molecule has 1 aliphatic carbocycles. The second kappa shape index (κ2) is 7.26. The molecule has 2 unspecified atom stereocenters. The molecule has 3 aromatic rings. The zero-order chi connectivity index (χ0) is 20.9. The molecule has 6 rings (SSSR count).